The molecule has 0 aromatic heterocycles. The summed E-state index contributed by atoms with van der Waals surface area (Å²) >= 11 is -3.00. The molecule has 0 aliphatic rings. The molecule has 0 spiro atoms. The molecular weight excluding hydrogens is 198 g/mol. The average Bonchev–Trinajstić information content (AvgIpc) is 1.14. The Kier molecular flexibility index (Phi) is 3.88. The molecule has 9 heteroatoms. The van der Waals surface area contributed by atoms with Gasteiger partial charge in [0, 0.05) is 0 Å². The topological polar surface area (TPSA) is 115 Å². The van der Waals surface area contributed by atoms with Crippen LogP contribution in [0.2, 0.25) is 0 Å². The summed E-state index contributed by atoms with van der Waals surface area (Å²) in [6.07, 6.45) is 0. The Morgan fingerprint density at radius 2 is 1.11 bits per heavy atom. The average molecular weight is 202 g/mol. The fraction of sp³-hybridized carbons (Fsp3) is 0. The minimum absolute atomic E-state index is 3.00. The van der Waals surface area contributed by atoms with E-state index in [1.54, 1.807) is 0 Å². The summed E-state index contributed by atoms with van der Waals surface area (Å²) in [5.41, 5.74) is 0. The summed E-state index contributed by atoms with van der Waals surface area (Å²) in [6, 6.07) is 0. The van der Waals surface area contributed by atoms with Gasteiger partial charge in [-0.15, -0.1) is 0 Å². The Labute approximate surface area is 66.6 Å². The summed E-state index contributed by atoms with van der Waals surface area (Å²) < 4.78 is 11.1. The molecule has 0 aliphatic carbocycles. The molecule has 0 atom stereocenters. The van der Waals surface area contributed by atoms with Crippen LogP contribution < -0.4 is 0 Å². The van der Waals surface area contributed by atoms with Crippen molar-refractivity contribution in [3.05, 3.63) is 0 Å². The molecule has 0 bridgehead atoms. The molecule has 4 N–H and O–H groups in total. The van der Waals surface area contributed by atoms with E-state index in [2.05, 4.69) is 0 Å². The summed E-state index contributed by atoms with van der Waals surface area (Å²) in [7, 11) is 0. The number of hydrogen-bond acceptors (Lipinski definition) is 2. The van der Waals surface area contributed by atoms with Crippen LogP contribution in [0.4, 0.5) is 0 Å². The molecule has 0 saturated carbocycles. The molecule has 0 aromatic rings. The van der Waals surface area contributed by atoms with Crippen molar-refractivity contribution in [1.82, 2.24) is 0 Å². The third kappa shape index (κ3) is 9.56. The van der Waals surface area contributed by atoms with Crippen molar-refractivity contribution in [1.29, 1.82) is 0 Å². The van der Waals surface area contributed by atoms with Gasteiger partial charge in [0.05, 0.1) is 0 Å². The van der Waals surface area contributed by atoms with Crippen LogP contribution >= 0.6 is 6.02 Å². The third-order valence-electron chi connectivity index (χ3n) is 0.368. The Hall–Kier alpha value is 1.56. The van der Waals surface area contributed by atoms with Crippen LogP contribution in [0.1, 0.15) is 0 Å². The third-order valence-corrected chi connectivity index (χ3v) is 13.7. The molecule has 0 rings (SSSR count). The molecule has 6 nitrogen and oxygen atoms in total. The van der Waals surface area contributed by atoms with Gasteiger partial charge in [-0.1, -0.05) is 0 Å². The Bertz CT molecular complexity index is 151. The molecule has 0 aromatic carbocycles. The fourth-order valence-corrected chi connectivity index (χ4v) is 8.91. The monoisotopic (exact) mass is 202 g/mol. The van der Waals surface area contributed by atoms with Gasteiger partial charge in [-0.05, 0) is 0 Å². The first-order valence-electron chi connectivity index (χ1n) is 1.80. The molecular formula is H4CaO6P2. The Morgan fingerprint density at radius 3 is 1.11 bits per heavy atom. The zero-order valence-electron chi connectivity index (χ0n) is 4.21. The van der Waals surface area contributed by atoms with Gasteiger partial charge in [0.1, 0.15) is 0 Å². The van der Waals surface area contributed by atoms with E-state index < -0.39 is 38.4 Å². The van der Waals surface area contributed by atoms with E-state index in [-0.39, 0.29) is 0 Å². The maximum absolute atomic E-state index is 9.93. The van der Waals surface area contributed by atoms with Gasteiger partial charge in [0.15, 0.2) is 0 Å². The van der Waals surface area contributed by atoms with Gasteiger partial charge < -0.3 is 0 Å². The van der Waals surface area contributed by atoms with Gasteiger partial charge in [-0.25, -0.2) is 0 Å². The first-order valence-corrected chi connectivity index (χ1v) is 11.3. The zero-order chi connectivity index (χ0) is 7.71. The maximum atomic E-state index is 9.93. The second-order valence-corrected chi connectivity index (χ2v) is 17.0. The van der Waals surface area contributed by atoms with E-state index in [1.807, 2.05) is 0 Å². The Morgan fingerprint density at radius 1 is 0.889 bits per heavy atom. The van der Waals surface area contributed by atoms with Crippen molar-refractivity contribution in [2.75, 3.05) is 0 Å². The normalized spacial score (nSPS) is 12.9. The molecule has 0 amide bonds. The second kappa shape index (κ2) is 3.30. The molecule has 9 heavy (non-hydrogen) atoms. The summed E-state index contributed by atoms with van der Waals surface area (Å²) in [4.78, 5) is 32.2. The van der Waals surface area contributed by atoms with Crippen molar-refractivity contribution in [2.45, 2.75) is 0 Å². The van der Waals surface area contributed by atoms with Crippen LogP contribution in [0.5, 0.6) is 0 Å². The van der Waals surface area contributed by atoms with Crippen LogP contribution in [-0.4, -0.2) is 51.9 Å². The van der Waals surface area contributed by atoms with Gasteiger partial charge in [-0.2, -0.15) is 0 Å². The van der Waals surface area contributed by atoms with Crippen LogP contribution in [-0.2, 0) is 9.13 Å². The molecule has 0 unspecified atom stereocenters. The van der Waals surface area contributed by atoms with Crippen molar-refractivity contribution < 1.29 is 28.7 Å². The predicted molar refractivity (Wildman–Crippen MR) is 29.8 cm³/mol. The first kappa shape index (κ1) is 10.6. The van der Waals surface area contributed by atoms with E-state index in [4.69, 9.17) is 19.6 Å². The standard InChI is InChI=1S/Ca.2HO3P/c;2*1-4(2)3/h;2*(H-,1,2,3)/q-2;;/p+2. The summed E-state index contributed by atoms with van der Waals surface area (Å²) in [5, 5.41) is 0. The fourth-order valence-electron chi connectivity index (χ4n) is 0.240. The number of rotatable bonds is 2. The van der Waals surface area contributed by atoms with E-state index in [9.17, 15) is 9.13 Å². The van der Waals surface area contributed by atoms with Crippen LogP contribution in [0.25, 0.3) is 0 Å². The quantitative estimate of drug-likeness (QED) is 0.333. The second-order valence-electron chi connectivity index (χ2n) is 1.47. The summed E-state index contributed by atoms with van der Waals surface area (Å²) in [5.74, 6) is 0. The zero-order valence-corrected chi connectivity index (χ0v) is 8.20. The van der Waals surface area contributed by atoms with Crippen molar-refractivity contribution in [3.8, 4) is 0 Å². The molecule has 0 aliphatic heterocycles. The van der Waals surface area contributed by atoms with E-state index in [0.29, 0.717) is 0 Å². The van der Waals surface area contributed by atoms with Crippen molar-refractivity contribution in [3.63, 3.8) is 0 Å². The summed E-state index contributed by atoms with van der Waals surface area (Å²) in [6.45, 7) is 0. The molecule has 0 heterocycles. The molecule has 52 valence electrons. The van der Waals surface area contributed by atoms with E-state index >= 15 is 0 Å². The van der Waals surface area contributed by atoms with Crippen LogP contribution in [0.3, 0.4) is 0 Å². The first-order chi connectivity index (χ1) is 3.71. The van der Waals surface area contributed by atoms with E-state index in [1.165, 1.54) is 0 Å². The molecule has 0 fully saturated rings. The minimum atomic E-state index is -4.36. The van der Waals surface area contributed by atoms with Gasteiger partial charge in [0.2, 0.25) is 0 Å². The van der Waals surface area contributed by atoms with Gasteiger partial charge in [-0.3, -0.25) is 0 Å². The predicted octanol–water partition coefficient (Wildman–Crippen LogP) is -1.12. The van der Waals surface area contributed by atoms with Gasteiger partial charge >= 0.3 is 67.1 Å². The van der Waals surface area contributed by atoms with Crippen molar-refractivity contribution in [2.24, 2.45) is 0 Å². The van der Waals surface area contributed by atoms with Crippen LogP contribution in [0, 0.1) is 0 Å². The van der Waals surface area contributed by atoms with E-state index in [0.717, 1.165) is 0 Å². The SMILES string of the molecule is O=[P](O)(O)[Ca][P](=O)(O)O. The molecule has 0 radical (unpaired) electrons. The Balaban J connectivity index is 4.07. The van der Waals surface area contributed by atoms with Crippen molar-refractivity contribution >= 4 is 38.4 Å². The molecule has 0 saturated heterocycles. The van der Waals surface area contributed by atoms with Gasteiger partial charge in [0.25, 0.3) is 0 Å². The number of hydrogen-bond donors (Lipinski definition) is 4. The van der Waals surface area contributed by atoms with Crippen LogP contribution in [0.15, 0.2) is 0 Å².